The smallest absolute Gasteiger partial charge is 0.257 e. The lowest BCUT2D eigenvalue weighted by atomic mass is 10.2. The number of hydrogen-bond donors (Lipinski definition) is 2. The number of nitrogens with one attached hydrogen (secondary N) is 2. The summed E-state index contributed by atoms with van der Waals surface area (Å²) in [6.07, 6.45) is 2.82. The predicted octanol–water partition coefficient (Wildman–Crippen LogP) is 3.52. The first kappa shape index (κ1) is 18.5. The maximum Gasteiger partial charge on any atom is 0.257 e. The third-order valence-electron chi connectivity index (χ3n) is 3.80. The number of aromatic nitrogens is 3. The van der Waals surface area contributed by atoms with Crippen LogP contribution in [0.25, 0.3) is 0 Å². The second-order valence-electron chi connectivity index (χ2n) is 5.70. The largest absolute Gasteiger partial charge is 0.324 e. The van der Waals surface area contributed by atoms with Crippen molar-refractivity contribution in [2.45, 2.75) is 13.0 Å². The number of nitrogens with zero attached hydrogens (tertiary/aromatic N) is 3. The molecule has 7 nitrogen and oxygen atoms in total. The molecule has 1 unspecified atom stereocenters. The Labute approximate surface area is 159 Å². The summed E-state index contributed by atoms with van der Waals surface area (Å²) in [6.45, 7) is 1.70. The third kappa shape index (κ3) is 4.48. The van der Waals surface area contributed by atoms with E-state index < -0.39 is 17.8 Å². The van der Waals surface area contributed by atoms with Crippen molar-refractivity contribution in [3.8, 4) is 0 Å². The van der Waals surface area contributed by atoms with Gasteiger partial charge in [-0.15, -0.1) is 0 Å². The van der Waals surface area contributed by atoms with Crippen molar-refractivity contribution in [2.75, 3.05) is 10.6 Å². The molecule has 0 spiro atoms. The molecule has 0 aliphatic rings. The highest BCUT2D eigenvalue weighted by atomic mass is 35.5. The molecule has 27 heavy (non-hydrogen) atoms. The van der Waals surface area contributed by atoms with Gasteiger partial charge in [0.25, 0.3) is 5.91 Å². The molecule has 0 aliphatic heterocycles. The number of anilines is 2. The highest BCUT2D eigenvalue weighted by molar-refractivity contribution is 6.34. The van der Waals surface area contributed by atoms with E-state index >= 15 is 0 Å². The van der Waals surface area contributed by atoms with Crippen molar-refractivity contribution >= 4 is 34.8 Å². The van der Waals surface area contributed by atoms with Crippen LogP contribution >= 0.6 is 11.6 Å². The Kier molecular flexibility index (Phi) is 5.46. The Hall–Kier alpha value is -3.26. The maximum atomic E-state index is 13.1. The summed E-state index contributed by atoms with van der Waals surface area (Å²) in [6, 6.07) is 9.58. The zero-order valence-electron chi connectivity index (χ0n) is 14.2. The molecule has 3 aromatic rings. The van der Waals surface area contributed by atoms with E-state index in [0.29, 0.717) is 11.4 Å². The number of amides is 2. The molecule has 0 saturated carbocycles. The van der Waals surface area contributed by atoms with Crippen molar-refractivity contribution in [1.29, 1.82) is 0 Å². The van der Waals surface area contributed by atoms with Crippen LogP contribution in [0, 0.1) is 5.82 Å². The van der Waals surface area contributed by atoms with E-state index in [2.05, 4.69) is 20.7 Å². The van der Waals surface area contributed by atoms with Crippen molar-refractivity contribution in [1.82, 2.24) is 14.8 Å². The standard InChI is InChI=1S/C18H15ClFN5O2/c1-11(25-10-21-9-22-25)17(26)23-13-3-5-14(6-4-13)24-18(27)15-7-2-12(20)8-16(15)19/h2-11H,1H3,(H,23,26)(H,24,27). The van der Waals surface area contributed by atoms with E-state index in [1.54, 1.807) is 31.2 Å². The summed E-state index contributed by atoms with van der Waals surface area (Å²) in [5, 5.41) is 9.37. The van der Waals surface area contributed by atoms with Gasteiger partial charge < -0.3 is 10.6 Å². The highest BCUT2D eigenvalue weighted by Gasteiger charge is 2.16. The van der Waals surface area contributed by atoms with Crippen LogP contribution in [-0.2, 0) is 4.79 Å². The number of carbonyl (C=O) groups excluding carboxylic acids is 2. The fourth-order valence-corrected chi connectivity index (χ4v) is 2.55. The van der Waals surface area contributed by atoms with Gasteiger partial charge in [-0.1, -0.05) is 11.6 Å². The van der Waals surface area contributed by atoms with Crippen LogP contribution in [0.5, 0.6) is 0 Å². The summed E-state index contributed by atoms with van der Waals surface area (Å²) in [7, 11) is 0. The summed E-state index contributed by atoms with van der Waals surface area (Å²) < 4.78 is 14.5. The molecule has 2 N–H and O–H groups in total. The second kappa shape index (κ2) is 7.96. The zero-order valence-corrected chi connectivity index (χ0v) is 14.9. The summed E-state index contributed by atoms with van der Waals surface area (Å²) in [5.74, 6) is -1.23. The van der Waals surface area contributed by atoms with E-state index in [9.17, 15) is 14.0 Å². The van der Waals surface area contributed by atoms with Crippen LogP contribution in [0.15, 0.2) is 55.1 Å². The fraction of sp³-hybridized carbons (Fsp3) is 0.111. The summed E-state index contributed by atoms with van der Waals surface area (Å²) in [5.41, 5.74) is 1.23. The van der Waals surface area contributed by atoms with Crippen molar-refractivity contribution in [3.63, 3.8) is 0 Å². The summed E-state index contributed by atoms with van der Waals surface area (Å²) >= 11 is 5.89. The average molecular weight is 388 g/mol. The topological polar surface area (TPSA) is 88.9 Å². The molecule has 1 heterocycles. The first-order valence-corrected chi connectivity index (χ1v) is 8.33. The molecule has 0 aliphatic carbocycles. The van der Waals surface area contributed by atoms with E-state index in [-0.39, 0.29) is 16.5 Å². The molecule has 0 radical (unpaired) electrons. The van der Waals surface area contributed by atoms with E-state index in [4.69, 9.17) is 11.6 Å². The molecule has 3 rings (SSSR count). The third-order valence-corrected chi connectivity index (χ3v) is 4.11. The van der Waals surface area contributed by atoms with Gasteiger partial charge in [0.05, 0.1) is 10.6 Å². The molecule has 1 aromatic heterocycles. The minimum Gasteiger partial charge on any atom is -0.324 e. The molecular formula is C18H15ClFN5O2. The SMILES string of the molecule is CC(C(=O)Nc1ccc(NC(=O)c2ccc(F)cc2Cl)cc1)n1cncn1. The molecular weight excluding hydrogens is 373 g/mol. The quantitative estimate of drug-likeness (QED) is 0.701. The highest BCUT2D eigenvalue weighted by Crippen LogP contribution is 2.20. The average Bonchev–Trinajstić information content (AvgIpc) is 3.17. The Balaban J connectivity index is 1.63. The van der Waals surface area contributed by atoms with Gasteiger partial charge in [-0.05, 0) is 49.4 Å². The number of benzene rings is 2. The van der Waals surface area contributed by atoms with Crippen LogP contribution in [0.3, 0.4) is 0 Å². The maximum absolute atomic E-state index is 13.1. The molecule has 0 fully saturated rings. The monoisotopic (exact) mass is 387 g/mol. The number of rotatable bonds is 5. The lowest BCUT2D eigenvalue weighted by Gasteiger charge is -2.12. The van der Waals surface area contributed by atoms with Crippen molar-refractivity contribution in [3.05, 3.63) is 71.5 Å². The molecule has 138 valence electrons. The molecule has 0 saturated heterocycles. The predicted molar refractivity (Wildman–Crippen MR) is 99.2 cm³/mol. The number of carbonyl (C=O) groups is 2. The normalized spacial score (nSPS) is 11.7. The molecule has 2 aromatic carbocycles. The van der Waals surface area contributed by atoms with E-state index in [1.807, 2.05) is 0 Å². The van der Waals surface area contributed by atoms with Gasteiger partial charge in [0, 0.05) is 11.4 Å². The fourth-order valence-electron chi connectivity index (χ4n) is 2.29. The van der Waals surface area contributed by atoms with Gasteiger partial charge in [0.2, 0.25) is 5.91 Å². The lowest BCUT2D eigenvalue weighted by Crippen LogP contribution is -2.24. The number of halogens is 2. The van der Waals surface area contributed by atoms with Crippen molar-refractivity contribution in [2.24, 2.45) is 0 Å². The molecule has 9 heteroatoms. The zero-order chi connectivity index (χ0) is 19.4. The van der Waals surface area contributed by atoms with Crippen LogP contribution in [0.2, 0.25) is 5.02 Å². The Morgan fingerprint density at radius 3 is 2.37 bits per heavy atom. The first-order valence-electron chi connectivity index (χ1n) is 7.95. The van der Waals surface area contributed by atoms with E-state index in [1.165, 1.54) is 23.4 Å². The van der Waals surface area contributed by atoms with Crippen LogP contribution < -0.4 is 10.6 Å². The van der Waals surface area contributed by atoms with Gasteiger partial charge in [-0.3, -0.25) is 9.59 Å². The van der Waals surface area contributed by atoms with Gasteiger partial charge in [0.15, 0.2) is 0 Å². The number of hydrogen-bond acceptors (Lipinski definition) is 4. The van der Waals surface area contributed by atoms with Crippen LogP contribution in [-0.4, -0.2) is 26.6 Å². The second-order valence-corrected chi connectivity index (χ2v) is 6.10. The van der Waals surface area contributed by atoms with E-state index in [0.717, 1.165) is 12.1 Å². The molecule has 1 atom stereocenters. The Morgan fingerprint density at radius 1 is 1.11 bits per heavy atom. The lowest BCUT2D eigenvalue weighted by molar-refractivity contribution is -0.119. The van der Waals surface area contributed by atoms with Gasteiger partial charge in [0.1, 0.15) is 24.5 Å². The van der Waals surface area contributed by atoms with Crippen LogP contribution in [0.1, 0.15) is 23.3 Å². The van der Waals surface area contributed by atoms with Gasteiger partial charge >= 0.3 is 0 Å². The van der Waals surface area contributed by atoms with Crippen molar-refractivity contribution < 1.29 is 14.0 Å². The Morgan fingerprint density at radius 2 is 1.78 bits per heavy atom. The molecule has 0 bridgehead atoms. The minimum atomic E-state index is -0.521. The van der Waals surface area contributed by atoms with Gasteiger partial charge in [-0.2, -0.15) is 5.10 Å². The minimum absolute atomic E-state index is 0.0264. The van der Waals surface area contributed by atoms with Crippen LogP contribution in [0.4, 0.5) is 15.8 Å². The Bertz CT molecular complexity index is 960. The first-order chi connectivity index (χ1) is 12.9. The van der Waals surface area contributed by atoms with Gasteiger partial charge in [-0.25, -0.2) is 14.1 Å². The molecule has 2 amide bonds. The summed E-state index contributed by atoms with van der Waals surface area (Å²) in [4.78, 5) is 28.2.